The van der Waals surface area contributed by atoms with Crippen LogP contribution in [0.3, 0.4) is 0 Å². The third kappa shape index (κ3) is 3.33. The Bertz CT molecular complexity index is 1070. The first-order chi connectivity index (χ1) is 14.7. The van der Waals surface area contributed by atoms with Crippen LogP contribution in [-0.2, 0) is 9.53 Å². The van der Waals surface area contributed by atoms with E-state index in [-0.39, 0.29) is 11.3 Å². The monoisotopic (exact) mass is 424 g/mol. The lowest BCUT2D eigenvalue weighted by Gasteiger charge is -2.33. The van der Waals surface area contributed by atoms with Gasteiger partial charge in [0.2, 0.25) is 0 Å². The third-order valence-corrected chi connectivity index (χ3v) is 6.61. The summed E-state index contributed by atoms with van der Waals surface area (Å²) in [6.07, 6.45) is 4.02. The highest BCUT2D eigenvalue weighted by atomic mass is 32.2. The maximum atomic E-state index is 13.0. The molecular weight excluding hydrogens is 400 g/mol. The molecule has 1 unspecified atom stereocenters. The fourth-order valence-corrected chi connectivity index (χ4v) is 4.95. The van der Waals surface area contributed by atoms with Crippen molar-refractivity contribution in [3.8, 4) is 0 Å². The Balaban J connectivity index is 1.61. The number of carbonyl (C=O) groups excluding carboxylic acids is 1. The first kappa shape index (κ1) is 19.4. The fourth-order valence-electron chi connectivity index (χ4n) is 4.57. The molecule has 2 aliphatic heterocycles. The van der Waals surface area contributed by atoms with E-state index in [9.17, 15) is 9.59 Å². The normalized spacial score (nSPS) is 21.2. The summed E-state index contributed by atoms with van der Waals surface area (Å²) in [6, 6.07) is 8.24. The van der Waals surface area contributed by atoms with E-state index in [0.29, 0.717) is 23.0 Å². The van der Waals surface area contributed by atoms with Crippen LogP contribution in [0, 0.1) is 0 Å². The average Bonchev–Trinajstić information content (AvgIpc) is 2.78. The number of morpholine rings is 1. The number of nitrogens with one attached hydrogen (secondary N) is 2. The van der Waals surface area contributed by atoms with Crippen molar-refractivity contribution in [3.05, 3.63) is 57.0 Å². The molecule has 1 aromatic carbocycles. The zero-order valence-corrected chi connectivity index (χ0v) is 17.7. The van der Waals surface area contributed by atoms with Crippen molar-refractivity contribution in [2.75, 3.05) is 42.8 Å². The van der Waals surface area contributed by atoms with Crippen molar-refractivity contribution >= 4 is 29.1 Å². The Morgan fingerprint density at radius 3 is 2.63 bits per heavy atom. The molecule has 1 saturated heterocycles. The number of H-pyrrole nitrogens is 1. The van der Waals surface area contributed by atoms with Crippen LogP contribution in [0.15, 0.2) is 45.5 Å². The van der Waals surface area contributed by atoms with Gasteiger partial charge in [-0.25, -0.2) is 4.98 Å². The molecule has 0 bridgehead atoms. The molecule has 5 rings (SSSR count). The van der Waals surface area contributed by atoms with Crippen LogP contribution in [0.25, 0.3) is 0 Å². The van der Waals surface area contributed by atoms with Gasteiger partial charge in [-0.3, -0.25) is 9.59 Å². The number of ketones is 1. The van der Waals surface area contributed by atoms with Gasteiger partial charge >= 0.3 is 0 Å². The van der Waals surface area contributed by atoms with E-state index < -0.39 is 5.92 Å². The standard InChI is InChI=1S/C22H24N4O3S/c1-30-22-24-20-19(21(28)25-22)17(18-15(23-20)3-2-4-16(18)27)13-5-7-14(8-6-13)26-9-11-29-12-10-26/h5-8,17H,2-4,9-12H2,1H3,(H2,23,24,25,28). The minimum Gasteiger partial charge on any atom is -0.378 e. The summed E-state index contributed by atoms with van der Waals surface area (Å²) in [6.45, 7) is 3.19. The molecule has 156 valence electrons. The number of rotatable bonds is 3. The minimum atomic E-state index is -0.394. The molecule has 0 saturated carbocycles. The molecule has 3 aliphatic rings. The van der Waals surface area contributed by atoms with Gasteiger partial charge in [-0.15, -0.1) is 0 Å². The van der Waals surface area contributed by atoms with Gasteiger partial charge in [-0.1, -0.05) is 23.9 Å². The second-order valence-electron chi connectivity index (χ2n) is 7.76. The number of Topliss-reactive ketones (excluding diaryl/α,β-unsaturated/α-hetero) is 1. The highest BCUT2D eigenvalue weighted by molar-refractivity contribution is 7.98. The molecular formula is C22H24N4O3S. The van der Waals surface area contributed by atoms with E-state index in [1.54, 1.807) is 0 Å². The van der Waals surface area contributed by atoms with Crippen molar-refractivity contribution in [1.82, 2.24) is 9.97 Å². The van der Waals surface area contributed by atoms with Gasteiger partial charge in [0.1, 0.15) is 5.82 Å². The fraction of sp³-hybridized carbons (Fsp3) is 0.409. The number of nitrogens with zero attached hydrogens (tertiary/aromatic N) is 2. The summed E-state index contributed by atoms with van der Waals surface area (Å²) < 4.78 is 5.44. The Kier molecular flexibility index (Phi) is 5.12. The van der Waals surface area contributed by atoms with E-state index in [2.05, 4.69) is 32.3 Å². The van der Waals surface area contributed by atoms with Crippen LogP contribution >= 0.6 is 11.8 Å². The van der Waals surface area contributed by atoms with E-state index in [1.807, 2.05) is 18.4 Å². The van der Waals surface area contributed by atoms with Gasteiger partial charge in [-0.05, 0) is 36.8 Å². The van der Waals surface area contributed by atoms with Crippen LogP contribution < -0.4 is 15.8 Å². The van der Waals surface area contributed by atoms with Crippen LogP contribution in [-0.4, -0.2) is 48.3 Å². The zero-order valence-electron chi connectivity index (χ0n) is 16.9. The number of thioether (sulfide) groups is 1. The summed E-state index contributed by atoms with van der Waals surface area (Å²) in [7, 11) is 0. The van der Waals surface area contributed by atoms with Crippen molar-refractivity contribution < 1.29 is 9.53 Å². The molecule has 3 heterocycles. The van der Waals surface area contributed by atoms with E-state index in [1.165, 1.54) is 11.8 Å². The molecule has 7 nitrogen and oxygen atoms in total. The number of fused-ring (bicyclic) bond motifs is 1. The lowest BCUT2D eigenvalue weighted by atomic mass is 9.76. The number of benzene rings is 1. The summed E-state index contributed by atoms with van der Waals surface area (Å²) in [5, 5.41) is 3.87. The Hall–Kier alpha value is -2.58. The highest BCUT2D eigenvalue weighted by Crippen LogP contribution is 2.43. The first-order valence-electron chi connectivity index (χ1n) is 10.3. The summed E-state index contributed by atoms with van der Waals surface area (Å²) >= 11 is 1.40. The van der Waals surface area contributed by atoms with E-state index in [4.69, 9.17) is 4.74 Å². The lowest BCUT2D eigenvalue weighted by molar-refractivity contribution is -0.116. The van der Waals surface area contributed by atoms with Gasteiger partial charge < -0.3 is 19.9 Å². The predicted molar refractivity (Wildman–Crippen MR) is 117 cm³/mol. The van der Waals surface area contributed by atoms with Crippen molar-refractivity contribution in [3.63, 3.8) is 0 Å². The number of hydrogen-bond acceptors (Lipinski definition) is 7. The van der Waals surface area contributed by atoms with Gasteiger partial charge in [0.05, 0.1) is 18.8 Å². The first-order valence-corrected chi connectivity index (χ1v) is 11.5. The number of anilines is 2. The predicted octanol–water partition coefficient (Wildman–Crippen LogP) is 2.89. The maximum absolute atomic E-state index is 13.0. The van der Waals surface area contributed by atoms with Crippen LogP contribution in [0.1, 0.15) is 36.3 Å². The second kappa shape index (κ2) is 7.92. The van der Waals surface area contributed by atoms with Crippen LogP contribution in [0.4, 0.5) is 11.5 Å². The quantitative estimate of drug-likeness (QED) is 0.579. The smallest absolute Gasteiger partial charge is 0.257 e. The van der Waals surface area contributed by atoms with Gasteiger partial charge in [-0.2, -0.15) is 0 Å². The van der Waals surface area contributed by atoms with Crippen LogP contribution in [0.2, 0.25) is 0 Å². The van der Waals surface area contributed by atoms with Crippen molar-refractivity contribution in [2.45, 2.75) is 30.3 Å². The van der Waals surface area contributed by atoms with Crippen molar-refractivity contribution in [2.24, 2.45) is 0 Å². The number of allylic oxidation sites excluding steroid dienone is 2. The molecule has 1 aromatic heterocycles. The molecule has 0 amide bonds. The Morgan fingerprint density at radius 2 is 1.90 bits per heavy atom. The second-order valence-corrected chi connectivity index (χ2v) is 8.55. The molecule has 1 aliphatic carbocycles. The van der Waals surface area contributed by atoms with Crippen LogP contribution in [0.5, 0.6) is 0 Å². The third-order valence-electron chi connectivity index (χ3n) is 6.03. The van der Waals surface area contributed by atoms with Gasteiger partial charge in [0.15, 0.2) is 10.9 Å². The number of hydrogen-bond donors (Lipinski definition) is 2. The topological polar surface area (TPSA) is 87.3 Å². The molecule has 0 radical (unpaired) electrons. The number of aromatic amines is 1. The number of ether oxygens (including phenoxy) is 1. The molecule has 8 heteroatoms. The summed E-state index contributed by atoms with van der Waals surface area (Å²) in [4.78, 5) is 35.7. The molecule has 2 aromatic rings. The largest absolute Gasteiger partial charge is 0.378 e. The Morgan fingerprint density at radius 1 is 1.13 bits per heavy atom. The molecule has 30 heavy (non-hydrogen) atoms. The van der Waals surface area contributed by atoms with Crippen molar-refractivity contribution in [1.29, 1.82) is 0 Å². The minimum absolute atomic E-state index is 0.116. The molecule has 0 spiro atoms. The zero-order chi connectivity index (χ0) is 20.7. The molecule has 1 fully saturated rings. The maximum Gasteiger partial charge on any atom is 0.257 e. The van der Waals surface area contributed by atoms with Gasteiger partial charge in [0, 0.05) is 42.4 Å². The summed E-state index contributed by atoms with van der Waals surface area (Å²) in [5.41, 5.74) is 4.04. The summed E-state index contributed by atoms with van der Waals surface area (Å²) in [5.74, 6) is 0.291. The lowest BCUT2D eigenvalue weighted by Crippen LogP contribution is -2.36. The van der Waals surface area contributed by atoms with Gasteiger partial charge in [0.25, 0.3) is 5.56 Å². The highest BCUT2D eigenvalue weighted by Gasteiger charge is 2.37. The van der Waals surface area contributed by atoms with E-state index >= 15 is 0 Å². The Labute approximate surface area is 178 Å². The van der Waals surface area contributed by atoms with E-state index in [0.717, 1.165) is 61.7 Å². The average molecular weight is 425 g/mol. The molecule has 1 atom stereocenters. The SMILES string of the molecule is CSc1nc2c(c(=O)[nH]1)C(c1ccc(N3CCOCC3)cc1)C1=C(CCCC1=O)N2. The molecule has 2 N–H and O–H groups in total. The number of carbonyl (C=O) groups is 1. The number of aromatic nitrogens is 2.